The van der Waals surface area contributed by atoms with Crippen molar-refractivity contribution in [1.29, 1.82) is 0 Å². The molecule has 0 aromatic heterocycles. The molecule has 172 valence electrons. The maximum absolute atomic E-state index is 10.6. The van der Waals surface area contributed by atoms with Crippen molar-refractivity contribution in [1.82, 2.24) is 0 Å². The molecule has 0 spiro atoms. The van der Waals surface area contributed by atoms with E-state index >= 15 is 0 Å². The molecule has 4 fully saturated rings. The monoisotopic (exact) mass is 416 g/mol. The lowest BCUT2D eigenvalue weighted by molar-refractivity contribution is -0.129. The quantitative estimate of drug-likeness (QED) is 0.470. The van der Waals surface area contributed by atoms with Gasteiger partial charge in [0.15, 0.2) is 0 Å². The van der Waals surface area contributed by atoms with E-state index < -0.39 is 5.60 Å². The third-order valence-electron chi connectivity index (χ3n) is 11.1. The van der Waals surface area contributed by atoms with Crippen molar-refractivity contribution < 1.29 is 10.2 Å². The summed E-state index contributed by atoms with van der Waals surface area (Å²) in [7, 11) is 0. The van der Waals surface area contributed by atoms with Gasteiger partial charge in [-0.25, -0.2) is 0 Å². The molecule has 0 saturated heterocycles. The first kappa shape index (κ1) is 22.8. The second kappa shape index (κ2) is 8.22. The van der Waals surface area contributed by atoms with Crippen LogP contribution in [-0.4, -0.2) is 21.9 Å². The first-order valence-corrected chi connectivity index (χ1v) is 13.1. The Morgan fingerprint density at radius 2 is 1.73 bits per heavy atom. The van der Waals surface area contributed by atoms with Crippen LogP contribution < -0.4 is 0 Å². The molecule has 0 amide bonds. The molecule has 2 N–H and O–H groups in total. The van der Waals surface area contributed by atoms with Crippen LogP contribution in [0.25, 0.3) is 0 Å². The number of hydrogen-bond acceptors (Lipinski definition) is 2. The van der Waals surface area contributed by atoms with E-state index in [2.05, 4.69) is 27.4 Å². The third kappa shape index (κ3) is 3.83. The predicted octanol–water partition coefficient (Wildman–Crippen LogP) is 6.75. The van der Waals surface area contributed by atoms with Gasteiger partial charge in [-0.05, 0) is 130 Å². The molecular formula is C28H48O2. The maximum Gasteiger partial charge on any atom is 0.0654 e. The molecule has 0 aromatic carbocycles. The fourth-order valence-electron chi connectivity index (χ4n) is 9.36. The van der Waals surface area contributed by atoms with Crippen LogP contribution in [0.4, 0.5) is 0 Å². The predicted molar refractivity (Wildman–Crippen MR) is 125 cm³/mol. The molecule has 30 heavy (non-hydrogen) atoms. The second-order valence-electron chi connectivity index (χ2n) is 12.8. The van der Waals surface area contributed by atoms with Crippen LogP contribution in [0, 0.1) is 46.3 Å². The molecule has 2 nitrogen and oxygen atoms in total. The zero-order chi connectivity index (χ0) is 21.7. The molecule has 0 bridgehead atoms. The maximum atomic E-state index is 10.6. The van der Waals surface area contributed by atoms with E-state index in [0.717, 1.165) is 55.3 Å². The van der Waals surface area contributed by atoms with Gasteiger partial charge in [0, 0.05) is 0 Å². The minimum atomic E-state index is -0.592. The molecule has 4 aliphatic carbocycles. The Kier molecular flexibility index (Phi) is 6.26. The molecule has 10 atom stereocenters. The summed E-state index contributed by atoms with van der Waals surface area (Å²) < 4.78 is 0. The van der Waals surface area contributed by atoms with Crippen LogP contribution in [-0.2, 0) is 0 Å². The van der Waals surface area contributed by atoms with Gasteiger partial charge in [-0.2, -0.15) is 0 Å². The number of aliphatic hydroxyl groups excluding tert-OH is 1. The Morgan fingerprint density at radius 3 is 2.47 bits per heavy atom. The summed E-state index contributed by atoms with van der Waals surface area (Å²) in [5.74, 6) is 4.99. The molecule has 0 aromatic rings. The van der Waals surface area contributed by atoms with Gasteiger partial charge < -0.3 is 10.2 Å². The number of aliphatic hydroxyl groups is 2. The Morgan fingerprint density at radius 1 is 1.03 bits per heavy atom. The van der Waals surface area contributed by atoms with E-state index in [0.29, 0.717) is 23.2 Å². The Bertz CT molecular complexity index is 626. The highest BCUT2D eigenvalue weighted by Gasteiger charge is 2.60. The Labute approximate surface area is 185 Å². The Hall–Kier alpha value is -0.340. The topological polar surface area (TPSA) is 40.5 Å². The van der Waals surface area contributed by atoms with Crippen LogP contribution in [0.3, 0.4) is 0 Å². The van der Waals surface area contributed by atoms with Crippen LogP contribution in [0.2, 0.25) is 0 Å². The van der Waals surface area contributed by atoms with Crippen LogP contribution in [0.15, 0.2) is 12.7 Å². The number of hydrogen-bond donors (Lipinski definition) is 2. The summed E-state index contributed by atoms with van der Waals surface area (Å²) in [4.78, 5) is 0. The van der Waals surface area contributed by atoms with Crippen molar-refractivity contribution in [3.05, 3.63) is 12.7 Å². The Balaban J connectivity index is 1.45. The highest BCUT2D eigenvalue weighted by Crippen LogP contribution is 2.68. The standard InChI is InChI=1S/C28H48O2/c1-6-14-26(3,30)15-11-19(2)23-9-10-24-22-8-7-20-18-21(29)12-16-27(20,4)25(22)13-17-28(23,24)5/h6,19-25,29-30H,1,7-18H2,2-5H3. The molecule has 4 saturated carbocycles. The average Bonchev–Trinajstić information content (AvgIpc) is 3.04. The lowest BCUT2D eigenvalue weighted by Gasteiger charge is -2.61. The van der Waals surface area contributed by atoms with E-state index in [-0.39, 0.29) is 6.10 Å². The van der Waals surface area contributed by atoms with Crippen molar-refractivity contribution >= 4 is 0 Å². The van der Waals surface area contributed by atoms with Gasteiger partial charge in [0.1, 0.15) is 0 Å². The lowest BCUT2D eigenvalue weighted by atomic mass is 9.44. The van der Waals surface area contributed by atoms with E-state index in [9.17, 15) is 10.2 Å². The molecule has 0 aliphatic heterocycles. The van der Waals surface area contributed by atoms with Gasteiger partial charge in [0.05, 0.1) is 11.7 Å². The van der Waals surface area contributed by atoms with Gasteiger partial charge in [-0.3, -0.25) is 0 Å². The fourth-order valence-corrected chi connectivity index (χ4v) is 9.36. The van der Waals surface area contributed by atoms with Gasteiger partial charge in [0.25, 0.3) is 0 Å². The van der Waals surface area contributed by atoms with Crippen LogP contribution in [0.1, 0.15) is 105 Å². The molecule has 0 heterocycles. The van der Waals surface area contributed by atoms with Gasteiger partial charge in [0.2, 0.25) is 0 Å². The second-order valence-corrected chi connectivity index (χ2v) is 12.8. The van der Waals surface area contributed by atoms with E-state index in [1.807, 2.05) is 13.0 Å². The summed E-state index contributed by atoms with van der Waals surface area (Å²) in [6, 6.07) is 0. The molecule has 4 rings (SSSR count). The van der Waals surface area contributed by atoms with Crippen molar-refractivity contribution in [2.75, 3.05) is 0 Å². The highest BCUT2D eigenvalue weighted by molar-refractivity contribution is 5.09. The van der Waals surface area contributed by atoms with Crippen molar-refractivity contribution in [2.45, 2.75) is 116 Å². The average molecular weight is 417 g/mol. The molecule has 10 unspecified atom stereocenters. The van der Waals surface area contributed by atoms with E-state index in [1.54, 1.807) is 0 Å². The van der Waals surface area contributed by atoms with E-state index in [1.165, 1.54) is 44.9 Å². The zero-order valence-corrected chi connectivity index (χ0v) is 20.2. The molecule has 4 aliphatic rings. The summed E-state index contributed by atoms with van der Waals surface area (Å²) in [5.41, 5.74) is 0.393. The van der Waals surface area contributed by atoms with Crippen molar-refractivity contribution in [3.8, 4) is 0 Å². The summed E-state index contributed by atoms with van der Waals surface area (Å²) in [6.45, 7) is 13.5. The van der Waals surface area contributed by atoms with Crippen LogP contribution >= 0.6 is 0 Å². The minimum absolute atomic E-state index is 0.0384. The smallest absolute Gasteiger partial charge is 0.0654 e. The highest BCUT2D eigenvalue weighted by atomic mass is 16.3. The first-order chi connectivity index (χ1) is 14.1. The minimum Gasteiger partial charge on any atom is -0.393 e. The summed E-state index contributed by atoms with van der Waals surface area (Å²) in [5, 5.41) is 20.9. The van der Waals surface area contributed by atoms with Crippen molar-refractivity contribution in [2.24, 2.45) is 46.3 Å². The summed E-state index contributed by atoms with van der Waals surface area (Å²) in [6.07, 6.45) is 16.3. The van der Waals surface area contributed by atoms with Crippen LogP contribution in [0.5, 0.6) is 0 Å². The zero-order valence-electron chi connectivity index (χ0n) is 20.2. The van der Waals surface area contributed by atoms with Gasteiger partial charge >= 0.3 is 0 Å². The van der Waals surface area contributed by atoms with Crippen molar-refractivity contribution in [3.63, 3.8) is 0 Å². The normalized spacial score (nSPS) is 48.7. The SMILES string of the molecule is C=CCC(C)(O)CCC(C)C1CCC2C3CCC4CC(O)CCC4(C)C3CCC12C. The van der Waals surface area contributed by atoms with E-state index in [4.69, 9.17) is 0 Å². The number of rotatable bonds is 6. The molecule has 0 radical (unpaired) electrons. The molecular weight excluding hydrogens is 368 g/mol. The van der Waals surface area contributed by atoms with Gasteiger partial charge in [-0.15, -0.1) is 6.58 Å². The third-order valence-corrected chi connectivity index (χ3v) is 11.1. The fraction of sp³-hybridized carbons (Fsp3) is 0.929. The molecule has 2 heteroatoms. The lowest BCUT2D eigenvalue weighted by Crippen LogP contribution is -2.54. The number of fused-ring (bicyclic) bond motifs is 5. The first-order valence-electron chi connectivity index (χ1n) is 13.1. The van der Waals surface area contributed by atoms with Gasteiger partial charge in [-0.1, -0.05) is 26.8 Å². The summed E-state index contributed by atoms with van der Waals surface area (Å²) >= 11 is 0. The largest absolute Gasteiger partial charge is 0.393 e.